The van der Waals surface area contributed by atoms with Crippen LogP contribution < -0.4 is 0 Å². The van der Waals surface area contributed by atoms with Gasteiger partial charge in [-0.2, -0.15) is 0 Å². The molecule has 0 N–H and O–H groups in total. The molecule has 0 aliphatic carbocycles. The second-order valence-corrected chi connectivity index (χ2v) is 13.5. The van der Waals surface area contributed by atoms with Crippen LogP contribution >= 0.6 is 22.7 Å². The molecule has 2 heterocycles. The number of rotatable bonds is 21. The van der Waals surface area contributed by atoms with Gasteiger partial charge in [0.25, 0.3) is 0 Å². The maximum Gasteiger partial charge on any atom is 0.332 e. The van der Waals surface area contributed by atoms with E-state index in [4.69, 9.17) is 23.7 Å². The van der Waals surface area contributed by atoms with E-state index in [2.05, 4.69) is 6.92 Å². The number of thiophene rings is 2. The first-order valence-electron chi connectivity index (χ1n) is 16.2. The molecule has 50 heavy (non-hydrogen) atoms. The number of carbonyl (C=O) groups is 5. The lowest BCUT2D eigenvalue weighted by Gasteiger charge is -2.11. The summed E-state index contributed by atoms with van der Waals surface area (Å²) >= 11 is 2.75. The lowest BCUT2D eigenvalue weighted by atomic mass is 10.0. The van der Waals surface area contributed by atoms with Crippen molar-refractivity contribution < 1.29 is 47.7 Å². The molecule has 2 aromatic carbocycles. The van der Waals surface area contributed by atoms with Gasteiger partial charge in [-0.25, -0.2) is 9.59 Å². The Labute approximate surface area is 299 Å². The van der Waals surface area contributed by atoms with Crippen molar-refractivity contribution in [1.29, 1.82) is 0 Å². The molecule has 0 bridgehead atoms. The molecule has 0 spiro atoms. The van der Waals surface area contributed by atoms with Crippen molar-refractivity contribution in [2.45, 2.75) is 38.5 Å². The van der Waals surface area contributed by atoms with Crippen molar-refractivity contribution in [1.82, 2.24) is 0 Å². The molecule has 4 aromatic rings. The fourth-order valence-corrected chi connectivity index (χ4v) is 6.76. The third-order valence-electron chi connectivity index (χ3n) is 7.49. The Hall–Kier alpha value is -4.49. The summed E-state index contributed by atoms with van der Waals surface area (Å²) in [4.78, 5) is 64.6. The van der Waals surface area contributed by atoms with Crippen molar-refractivity contribution in [3.05, 3.63) is 116 Å². The zero-order valence-corrected chi connectivity index (χ0v) is 29.6. The van der Waals surface area contributed by atoms with Crippen LogP contribution in [0.3, 0.4) is 0 Å². The van der Waals surface area contributed by atoms with E-state index < -0.39 is 23.8 Å². The average Bonchev–Trinajstić information content (AvgIpc) is 3.84. The van der Waals surface area contributed by atoms with Gasteiger partial charge in [0.2, 0.25) is 11.6 Å². The Morgan fingerprint density at radius 3 is 1.60 bits per heavy atom. The van der Waals surface area contributed by atoms with E-state index in [1.54, 1.807) is 43.3 Å². The van der Waals surface area contributed by atoms with Gasteiger partial charge in [0.1, 0.15) is 33.0 Å². The first-order valence-corrected chi connectivity index (χ1v) is 17.9. The Morgan fingerprint density at radius 1 is 0.560 bits per heavy atom. The van der Waals surface area contributed by atoms with Crippen molar-refractivity contribution in [3.63, 3.8) is 0 Å². The van der Waals surface area contributed by atoms with Crippen LogP contribution in [0.1, 0.15) is 78.7 Å². The van der Waals surface area contributed by atoms with E-state index in [0.29, 0.717) is 32.4 Å². The van der Waals surface area contributed by atoms with E-state index >= 15 is 0 Å². The highest BCUT2D eigenvalue weighted by molar-refractivity contribution is 7.14. The topological polar surface area (TPSA) is 132 Å². The van der Waals surface area contributed by atoms with Crippen LogP contribution in [0, 0.1) is 0 Å². The second-order valence-electron chi connectivity index (χ2n) is 11.3. The van der Waals surface area contributed by atoms with E-state index in [0.717, 1.165) is 17.7 Å². The molecule has 0 saturated carbocycles. The fraction of sp³-hybridized carbons (Fsp3) is 0.342. The molecule has 0 saturated heterocycles. The largest absolute Gasteiger partial charge is 0.463 e. The molecule has 0 fully saturated rings. The van der Waals surface area contributed by atoms with Crippen molar-refractivity contribution in [3.8, 4) is 0 Å². The Bertz CT molecular complexity index is 1700. The van der Waals surface area contributed by atoms with Crippen molar-refractivity contribution in [2.24, 2.45) is 0 Å². The minimum Gasteiger partial charge on any atom is -0.463 e. The quantitative estimate of drug-likeness (QED) is 0.0401. The summed E-state index contributed by atoms with van der Waals surface area (Å²) in [5, 5.41) is 0. The van der Waals surface area contributed by atoms with Crippen molar-refractivity contribution in [2.75, 3.05) is 46.2 Å². The SMILES string of the molecule is C[C@H](CCCOCC(=O)OCCOC(=O)COCCOC(=O)[C@H](C)c1ccc(C(=O)c2ccccc2)s1)c1ccc(C(=O)c2ccccc2)s1. The standard InChI is InChI=1S/C38H40O10S2/c1-26(30-15-17-32(49-30)36(41)28-11-5-3-6-12-28)10-9-19-44-24-34(39)46-22-23-47-35(40)25-45-20-21-48-38(43)27(2)31-16-18-33(50-31)37(42)29-13-7-4-8-14-29/h3-8,11-18,26-27H,9-10,19-25H2,1-2H3/t26-,27-/m1/s1. The maximum absolute atomic E-state index is 12.6. The number of ether oxygens (including phenoxy) is 5. The number of hydrogen-bond donors (Lipinski definition) is 0. The van der Waals surface area contributed by atoms with Gasteiger partial charge in [0.15, 0.2) is 0 Å². The monoisotopic (exact) mass is 720 g/mol. The third-order valence-corrected chi connectivity index (χ3v) is 10.1. The first-order chi connectivity index (χ1) is 24.2. The normalized spacial score (nSPS) is 12.1. The average molecular weight is 721 g/mol. The van der Waals surface area contributed by atoms with Gasteiger partial charge in [-0.3, -0.25) is 14.4 Å². The van der Waals surface area contributed by atoms with E-state index in [1.165, 1.54) is 22.7 Å². The molecule has 10 nitrogen and oxygen atoms in total. The number of hydrogen-bond acceptors (Lipinski definition) is 12. The van der Waals surface area contributed by atoms with Gasteiger partial charge in [-0.1, -0.05) is 67.6 Å². The minimum atomic E-state index is -0.650. The molecule has 0 amide bonds. The maximum atomic E-state index is 12.6. The van der Waals surface area contributed by atoms with Crippen molar-refractivity contribution >= 4 is 52.1 Å². The molecule has 2 atom stereocenters. The molecule has 0 unspecified atom stereocenters. The van der Waals surface area contributed by atoms with Crippen LogP contribution in [-0.4, -0.2) is 75.7 Å². The molecule has 0 aliphatic rings. The number of esters is 3. The number of ketones is 2. The number of carbonyl (C=O) groups excluding carboxylic acids is 5. The van der Waals surface area contributed by atoms with E-state index in [9.17, 15) is 24.0 Å². The van der Waals surface area contributed by atoms with Crippen LogP contribution in [0.15, 0.2) is 84.9 Å². The Balaban J connectivity index is 0.982. The molecule has 12 heteroatoms. The molecule has 4 rings (SSSR count). The second kappa shape index (κ2) is 20.2. The van der Waals surface area contributed by atoms with Crippen LogP contribution in [0.25, 0.3) is 0 Å². The Morgan fingerprint density at radius 2 is 1.04 bits per heavy atom. The summed E-state index contributed by atoms with van der Waals surface area (Å²) in [6, 6.07) is 25.4. The van der Waals surface area contributed by atoms with Gasteiger partial charge in [0.05, 0.1) is 22.3 Å². The predicted molar refractivity (Wildman–Crippen MR) is 189 cm³/mol. The fourth-order valence-electron chi connectivity index (χ4n) is 4.69. The summed E-state index contributed by atoms with van der Waals surface area (Å²) in [5.74, 6) is -2.09. The Kier molecular flexibility index (Phi) is 15.5. The lowest BCUT2D eigenvalue weighted by Crippen LogP contribution is -2.21. The van der Waals surface area contributed by atoms with Crippen LogP contribution in [0.2, 0.25) is 0 Å². The lowest BCUT2D eigenvalue weighted by molar-refractivity contribution is -0.158. The predicted octanol–water partition coefficient (Wildman–Crippen LogP) is 6.62. The van der Waals surface area contributed by atoms with E-state index in [-0.39, 0.29) is 57.1 Å². The smallest absolute Gasteiger partial charge is 0.332 e. The summed E-state index contributed by atoms with van der Waals surface area (Å²) < 4.78 is 25.9. The highest BCUT2D eigenvalue weighted by Gasteiger charge is 2.21. The van der Waals surface area contributed by atoms with Gasteiger partial charge >= 0.3 is 17.9 Å². The molecule has 2 aromatic heterocycles. The molecule has 264 valence electrons. The summed E-state index contributed by atoms with van der Waals surface area (Å²) in [5.41, 5.74) is 1.25. The van der Waals surface area contributed by atoms with Gasteiger partial charge in [-0.15, -0.1) is 22.7 Å². The molecular weight excluding hydrogens is 681 g/mol. The van der Waals surface area contributed by atoms with Crippen LogP contribution in [0.5, 0.6) is 0 Å². The zero-order chi connectivity index (χ0) is 35.7. The van der Waals surface area contributed by atoms with Crippen LogP contribution in [-0.2, 0) is 38.1 Å². The summed E-state index contributed by atoms with van der Waals surface area (Å²) in [6.45, 7) is 3.29. The van der Waals surface area contributed by atoms with Gasteiger partial charge < -0.3 is 23.7 Å². The van der Waals surface area contributed by atoms with Gasteiger partial charge in [0, 0.05) is 27.5 Å². The first kappa shape index (κ1) is 38.3. The summed E-state index contributed by atoms with van der Waals surface area (Å²) in [6.07, 6.45) is 1.57. The summed E-state index contributed by atoms with van der Waals surface area (Å²) in [7, 11) is 0. The van der Waals surface area contributed by atoms with E-state index in [1.807, 2.05) is 48.5 Å². The molecule has 0 aliphatic heterocycles. The number of benzene rings is 2. The highest BCUT2D eigenvalue weighted by Crippen LogP contribution is 2.30. The highest BCUT2D eigenvalue weighted by atomic mass is 32.1. The third kappa shape index (κ3) is 12.1. The zero-order valence-electron chi connectivity index (χ0n) is 28.0. The molecular formula is C38H40O10S2. The van der Waals surface area contributed by atoms with Crippen LogP contribution in [0.4, 0.5) is 0 Å². The van der Waals surface area contributed by atoms with Gasteiger partial charge in [-0.05, 0) is 49.9 Å². The minimum absolute atomic E-state index is 0.0108. The molecule has 0 radical (unpaired) electrons.